The van der Waals surface area contributed by atoms with Crippen molar-refractivity contribution in [2.45, 2.75) is 19.5 Å². The zero-order chi connectivity index (χ0) is 21.8. The van der Waals surface area contributed by atoms with Crippen molar-refractivity contribution in [3.63, 3.8) is 0 Å². The average Bonchev–Trinajstić information content (AvgIpc) is 2.83. The van der Waals surface area contributed by atoms with Gasteiger partial charge in [-0.1, -0.05) is 54.6 Å². The summed E-state index contributed by atoms with van der Waals surface area (Å²) in [5.41, 5.74) is 4.99. The van der Waals surface area contributed by atoms with Crippen LogP contribution in [0.15, 0.2) is 79.1 Å². The highest BCUT2D eigenvalue weighted by Gasteiger charge is 2.24. The lowest BCUT2D eigenvalue weighted by Crippen LogP contribution is -2.24. The van der Waals surface area contributed by atoms with Gasteiger partial charge in [0.2, 0.25) is 0 Å². The number of hydrogen-bond donors (Lipinski definition) is 0. The average molecular weight is 412 g/mol. The Morgan fingerprint density at radius 3 is 2.48 bits per heavy atom. The molecule has 1 atom stereocenters. The van der Waals surface area contributed by atoms with E-state index in [1.165, 1.54) is 7.11 Å². The largest absolute Gasteiger partial charge is 0.465 e. The number of carbonyl (C=O) groups excluding carboxylic acids is 1. The van der Waals surface area contributed by atoms with Gasteiger partial charge in [-0.05, 0) is 37.2 Å². The Balaban J connectivity index is 1.88. The molecule has 0 aliphatic rings. The van der Waals surface area contributed by atoms with Gasteiger partial charge in [0, 0.05) is 35.9 Å². The molecule has 5 heteroatoms. The molecule has 0 aliphatic heterocycles. The standard InChI is InChI=1S/C26H25N3O2/c1-18(20-12-9-15-27-16-20)29(2)17-23-25(26(30)31-3)24(19-10-5-4-6-11-19)21-13-7-8-14-22(21)28-23/h4-16,18H,17H2,1-3H3/t18-/m0/s1. The van der Waals surface area contributed by atoms with Crippen molar-refractivity contribution in [2.75, 3.05) is 14.2 Å². The third-order valence-electron chi connectivity index (χ3n) is 5.65. The van der Waals surface area contributed by atoms with Gasteiger partial charge in [-0.25, -0.2) is 4.79 Å². The number of para-hydroxylation sites is 1. The van der Waals surface area contributed by atoms with Crippen LogP contribution in [0.3, 0.4) is 0 Å². The van der Waals surface area contributed by atoms with Crippen LogP contribution in [0.2, 0.25) is 0 Å². The van der Waals surface area contributed by atoms with E-state index in [-0.39, 0.29) is 12.0 Å². The molecule has 4 aromatic rings. The van der Waals surface area contributed by atoms with Crippen molar-refractivity contribution in [3.05, 3.63) is 95.9 Å². The summed E-state index contributed by atoms with van der Waals surface area (Å²) in [5, 5.41) is 0.931. The molecule has 4 rings (SSSR count). The summed E-state index contributed by atoms with van der Waals surface area (Å²) in [4.78, 5) is 24.3. The lowest BCUT2D eigenvalue weighted by molar-refractivity contribution is 0.0598. The van der Waals surface area contributed by atoms with Crippen LogP contribution in [-0.4, -0.2) is 35.0 Å². The maximum absolute atomic E-state index is 13.0. The van der Waals surface area contributed by atoms with E-state index in [1.54, 1.807) is 6.20 Å². The molecular formula is C26H25N3O2. The third-order valence-corrected chi connectivity index (χ3v) is 5.65. The highest BCUT2D eigenvalue weighted by Crippen LogP contribution is 2.34. The van der Waals surface area contributed by atoms with Crippen molar-refractivity contribution < 1.29 is 9.53 Å². The van der Waals surface area contributed by atoms with Crippen LogP contribution in [0.1, 0.15) is 34.6 Å². The van der Waals surface area contributed by atoms with Gasteiger partial charge in [0.15, 0.2) is 0 Å². The molecule has 0 radical (unpaired) electrons. The van der Waals surface area contributed by atoms with Crippen LogP contribution in [0.5, 0.6) is 0 Å². The third kappa shape index (κ3) is 4.18. The number of rotatable bonds is 6. The van der Waals surface area contributed by atoms with Crippen LogP contribution < -0.4 is 0 Å². The van der Waals surface area contributed by atoms with Crippen molar-refractivity contribution >= 4 is 16.9 Å². The van der Waals surface area contributed by atoms with E-state index in [9.17, 15) is 4.79 Å². The van der Waals surface area contributed by atoms with Crippen LogP contribution in [0, 0.1) is 0 Å². The molecule has 0 N–H and O–H groups in total. The fourth-order valence-electron chi connectivity index (χ4n) is 3.85. The molecular weight excluding hydrogens is 386 g/mol. The Labute approximate surface area is 182 Å². The van der Waals surface area contributed by atoms with Gasteiger partial charge in [-0.15, -0.1) is 0 Å². The predicted octanol–water partition coefficient (Wildman–Crippen LogP) is 5.28. The first-order valence-corrected chi connectivity index (χ1v) is 10.3. The zero-order valence-electron chi connectivity index (χ0n) is 17.9. The van der Waals surface area contributed by atoms with Crippen LogP contribution in [0.4, 0.5) is 0 Å². The summed E-state index contributed by atoms with van der Waals surface area (Å²) >= 11 is 0. The molecule has 0 saturated carbocycles. The lowest BCUT2D eigenvalue weighted by atomic mass is 9.93. The molecule has 5 nitrogen and oxygen atoms in total. The Hall–Kier alpha value is -3.57. The van der Waals surface area contributed by atoms with Crippen molar-refractivity contribution in [2.24, 2.45) is 0 Å². The SMILES string of the molecule is COC(=O)c1c(CN(C)[C@@H](C)c2cccnc2)nc2ccccc2c1-c1ccccc1. The Bertz CT molecular complexity index is 1190. The fourth-order valence-corrected chi connectivity index (χ4v) is 3.85. The Morgan fingerprint density at radius 2 is 1.77 bits per heavy atom. The van der Waals surface area contributed by atoms with Gasteiger partial charge in [0.05, 0.1) is 23.9 Å². The minimum Gasteiger partial charge on any atom is -0.465 e. The highest BCUT2D eigenvalue weighted by atomic mass is 16.5. The second-order valence-electron chi connectivity index (χ2n) is 7.56. The molecule has 0 aliphatic carbocycles. The smallest absolute Gasteiger partial charge is 0.340 e. The van der Waals surface area contributed by atoms with E-state index in [1.807, 2.05) is 73.9 Å². The van der Waals surface area contributed by atoms with Crippen LogP contribution in [-0.2, 0) is 11.3 Å². The molecule has 0 fully saturated rings. The number of carbonyl (C=O) groups is 1. The van der Waals surface area contributed by atoms with Gasteiger partial charge >= 0.3 is 5.97 Å². The number of aromatic nitrogens is 2. The lowest BCUT2D eigenvalue weighted by Gasteiger charge is -2.26. The topological polar surface area (TPSA) is 55.3 Å². The zero-order valence-corrected chi connectivity index (χ0v) is 17.9. The highest BCUT2D eigenvalue weighted by molar-refractivity contribution is 6.07. The fraction of sp³-hybridized carbons (Fsp3) is 0.192. The summed E-state index contributed by atoms with van der Waals surface area (Å²) in [5.74, 6) is -0.380. The van der Waals surface area contributed by atoms with Gasteiger partial charge in [0.1, 0.15) is 0 Å². The second-order valence-corrected chi connectivity index (χ2v) is 7.56. The number of ether oxygens (including phenoxy) is 1. The van der Waals surface area contributed by atoms with Gasteiger partial charge in [0.25, 0.3) is 0 Å². The molecule has 31 heavy (non-hydrogen) atoms. The summed E-state index contributed by atoms with van der Waals surface area (Å²) in [6.45, 7) is 2.61. The second kappa shape index (κ2) is 9.06. The maximum atomic E-state index is 13.0. The minimum absolute atomic E-state index is 0.104. The molecule has 2 aromatic heterocycles. The predicted molar refractivity (Wildman–Crippen MR) is 123 cm³/mol. The number of nitrogens with zero attached hydrogens (tertiary/aromatic N) is 3. The monoisotopic (exact) mass is 411 g/mol. The molecule has 2 heterocycles. The molecule has 156 valence electrons. The number of fused-ring (bicyclic) bond motifs is 1. The minimum atomic E-state index is -0.380. The number of pyridine rings is 2. The first kappa shape index (κ1) is 20.7. The van der Waals surface area contributed by atoms with E-state index >= 15 is 0 Å². The Kier molecular flexibility index (Phi) is 6.05. The molecule has 0 saturated heterocycles. The summed E-state index contributed by atoms with van der Waals surface area (Å²) in [7, 11) is 3.44. The van der Waals surface area contributed by atoms with E-state index in [0.29, 0.717) is 17.8 Å². The number of methoxy groups -OCH3 is 1. The molecule has 0 unspecified atom stereocenters. The van der Waals surface area contributed by atoms with Gasteiger partial charge < -0.3 is 4.74 Å². The Morgan fingerprint density at radius 1 is 1.03 bits per heavy atom. The number of benzene rings is 2. The molecule has 0 bridgehead atoms. The van der Waals surface area contributed by atoms with Gasteiger partial charge in [-0.3, -0.25) is 14.9 Å². The summed E-state index contributed by atoms with van der Waals surface area (Å²) in [6, 6.07) is 22.0. The first-order chi connectivity index (χ1) is 15.1. The van der Waals surface area contributed by atoms with Crippen molar-refractivity contribution in [3.8, 4) is 11.1 Å². The molecule has 0 spiro atoms. The van der Waals surface area contributed by atoms with E-state index < -0.39 is 0 Å². The maximum Gasteiger partial charge on any atom is 0.340 e. The van der Waals surface area contributed by atoms with Crippen molar-refractivity contribution in [1.29, 1.82) is 0 Å². The van der Waals surface area contributed by atoms with Crippen molar-refractivity contribution in [1.82, 2.24) is 14.9 Å². The van der Waals surface area contributed by atoms with E-state index in [2.05, 4.69) is 22.9 Å². The number of esters is 1. The summed E-state index contributed by atoms with van der Waals surface area (Å²) < 4.78 is 5.21. The molecule has 2 aromatic carbocycles. The first-order valence-electron chi connectivity index (χ1n) is 10.3. The van der Waals surface area contributed by atoms with Gasteiger partial charge in [-0.2, -0.15) is 0 Å². The van der Waals surface area contributed by atoms with E-state index in [0.717, 1.165) is 27.6 Å². The normalized spacial score (nSPS) is 12.1. The summed E-state index contributed by atoms with van der Waals surface area (Å²) in [6.07, 6.45) is 3.63. The number of hydrogen-bond acceptors (Lipinski definition) is 5. The molecule has 0 amide bonds. The van der Waals surface area contributed by atoms with Crippen LogP contribution in [0.25, 0.3) is 22.0 Å². The van der Waals surface area contributed by atoms with Crippen LogP contribution >= 0.6 is 0 Å². The van der Waals surface area contributed by atoms with E-state index in [4.69, 9.17) is 9.72 Å². The quantitative estimate of drug-likeness (QED) is 0.404.